The van der Waals surface area contributed by atoms with Crippen molar-refractivity contribution in [3.8, 4) is 0 Å². The molecule has 2 N–H and O–H groups in total. The third kappa shape index (κ3) is 4.13. The summed E-state index contributed by atoms with van der Waals surface area (Å²) in [6, 6.07) is 19.8. The van der Waals surface area contributed by atoms with Crippen LogP contribution in [0.25, 0.3) is 11.4 Å². The first-order chi connectivity index (χ1) is 13.9. The Morgan fingerprint density at radius 2 is 0.857 bits per heavy atom. The molecule has 4 aromatic rings. The fourth-order valence-electron chi connectivity index (χ4n) is 2.60. The average molecular weight is 368 g/mol. The van der Waals surface area contributed by atoms with Crippen molar-refractivity contribution in [2.75, 3.05) is 10.6 Å². The minimum Gasteiger partial charge on any atom is -0.322 e. The van der Waals surface area contributed by atoms with Gasteiger partial charge in [-0.2, -0.15) is 0 Å². The zero-order valence-corrected chi connectivity index (χ0v) is 14.8. The fraction of sp³-hybridized carbons (Fsp3) is 0. The van der Waals surface area contributed by atoms with E-state index in [-0.39, 0.29) is 0 Å². The van der Waals surface area contributed by atoms with Gasteiger partial charge in [0, 0.05) is 11.1 Å². The Balaban J connectivity index is 1.88. The zero-order chi connectivity index (χ0) is 19.0. The van der Waals surface area contributed by atoms with Crippen LogP contribution in [0.15, 0.2) is 86.0 Å². The van der Waals surface area contributed by atoms with E-state index in [0.717, 1.165) is 22.5 Å². The number of nitrogens with zero attached hydrogens (tertiary/aromatic N) is 6. The first-order valence-electron chi connectivity index (χ1n) is 8.53. The summed E-state index contributed by atoms with van der Waals surface area (Å²) in [5.41, 5.74) is 3.45. The summed E-state index contributed by atoms with van der Waals surface area (Å²) in [7, 11) is 0. The van der Waals surface area contributed by atoms with E-state index in [1.807, 2.05) is 60.7 Å². The van der Waals surface area contributed by atoms with Crippen LogP contribution in [-0.2, 0) is 0 Å². The van der Waals surface area contributed by atoms with Crippen molar-refractivity contribution in [2.45, 2.75) is 0 Å². The Kier molecular flexibility index (Phi) is 5.20. The first kappa shape index (κ1) is 17.2. The summed E-state index contributed by atoms with van der Waals surface area (Å²) < 4.78 is 0. The maximum atomic E-state index is 4.19. The number of nitrogens with one attached hydrogen (secondary N) is 2. The quantitative estimate of drug-likeness (QED) is 0.501. The van der Waals surface area contributed by atoms with Gasteiger partial charge >= 0.3 is 0 Å². The summed E-state index contributed by atoms with van der Waals surface area (Å²) in [5, 5.41) is 6.60. The predicted molar refractivity (Wildman–Crippen MR) is 107 cm³/mol. The van der Waals surface area contributed by atoms with Gasteiger partial charge in [-0.05, 0) is 0 Å². The van der Waals surface area contributed by atoms with Crippen LogP contribution in [0.3, 0.4) is 0 Å². The van der Waals surface area contributed by atoms with Crippen molar-refractivity contribution in [2.24, 2.45) is 0 Å². The van der Waals surface area contributed by atoms with E-state index in [0.29, 0.717) is 11.9 Å². The van der Waals surface area contributed by atoms with Gasteiger partial charge in [-0.1, -0.05) is 60.7 Å². The number of benzene rings is 2. The molecule has 0 aliphatic carbocycles. The smallest absolute Gasteiger partial charge is 0.230 e. The van der Waals surface area contributed by atoms with Gasteiger partial charge in [0.05, 0.1) is 11.4 Å². The number of rotatable bonds is 6. The van der Waals surface area contributed by atoms with E-state index < -0.39 is 0 Å². The normalized spacial score (nSPS) is 11.4. The number of hydrogen-bond acceptors (Lipinski definition) is 8. The SMILES string of the molecule is c1ccc(C(Nc2ncncn2)=C(Nc2ncncn2)c2ccccc2)cc1. The Labute approximate surface area is 161 Å². The lowest BCUT2D eigenvalue weighted by Crippen LogP contribution is -2.12. The highest BCUT2D eigenvalue weighted by atomic mass is 15.2. The molecule has 136 valence electrons. The topological polar surface area (TPSA) is 101 Å². The minimum atomic E-state index is 0.430. The lowest BCUT2D eigenvalue weighted by Gasteiger charge is -2.18. The molecule has 8 heteroatoms. The second-order valence-corrected chi connectivity index (χ2v) is 5.66. The first-order valence-corrected chi connectivity index (χ1v) is 8.53. The molecule has 2 heterocycles. The van der Waals surface area contributed by atoms with Crippen LogP contribution >= 0.6 is 0 Å². The molecule has 0 bridgehead atoms. The molecule has 0 saturated carbocycles. The van der Waals surface area contributed by atoms with Gasteiger partial charge < -0.3 is 10.6 Å². The molecular formula is C20H16N8. The van der Waals surface area contributed by atoms with E-state index in [1.165, 1.54) is 25.3 Å². The van der Waals surface area contributed by atoms with E-state index in [1.54, 1.807) is 0 Å². The summed E-state index contributed by atoms with van der Waals surface area (Å²) in [5.74, 6) is 0.861. The second kappa shape index (κ2) is 8.45. The molecule has 0 aliphatic rings. The van der Waals surface area contributed by atoms with Gasteiger partial charge in [0.1, 0.15) is 25.3 Å². The van der Waals surface area contributed by atoms with Crippen molar-refractivity contribution in [3.63, 3.8) is 0 Å². The molecule has 28 heavy (non-hydrogen) atoms. The number of aromatic nitrogens is 6. The highest BCUT2D eigenvalue weighted by Crippen LogP contribution is 2.27. The summed E-state index contributed by atoms with van der Waals surface area (Å²) in [6.07, 6.45) is 5.78. The lowest BCUT2D eigenvalue weighted by atomic mass is 10.0. The van der Waals surface area contributed by atoms with Crippen LogP contribution in [0.4, 0.5) is 11.9 Å². The van der Waals surface area contributed by atoms with Crippen molar-refractivity contribution >= 4 is 23.3 Å². The predicted octanol–water partition coefficient (Wildman–Crippen LogP) is 3.11. The molecule has 0 amide bonds. The Morgan fingerprint density at radius 1 is 0.500 bits per heavy atom. The van der Waals surface area contributed by atoms with Crippen LogP contribution in [0.1, 0.15) is 11.1 Å². The molecule has 0 atom stereocenters. The highest BCUT2D eigenvalue weighted by Gasteiger charge is 2.14. The zero-order valence-electron chi connectivity index (χ0n) is 14.8. The summed E-state index contributed by atoms with van der Waals surface area (Å²) >= 11 is 0. The Hall–Kier alpha value is -4.20. The van der Waals surface area contributed by atoms with Gasteiger partial charge in [-0.3, -0.25) is 0 Å². The van der Waals surface area contributed by atoms with E-state index in [9.17, 15) is 0 Å². The maximum absolute atomic E-state index is 4.19. The number of anilines is 2. The van der Waals surface area contributed by atoms with Crippen molar-refractivity contribution in [3.05, 3.63) is 97.1 Å². The average Bonchev–Trinajstić information content (AvgIpc) is 2.79. The third-order valence-corrected chi connectivity index (χ3v) is 3.84. The summed E-state index contributed by atoms with van der Waals surface area (Å²) in [6.45, 7) is 0. The Morgan fingerprint density at radius 3 is 1.21 bits per heavy atom. The molecule has 2 aromatic carbocycles. The van der Waals surface area contributed by atoms with Crippen LogP contribution in [0.5, 0.6) is 0 Å². The molecule has 2 aromatic heterocycles. The van der Waals surface area contributed by atoms with Crippen molar-refractivity contribution < 1.29 is 0 Å². The fourth-order valence-corrected chi connectivity index (χ4v) is 2.60. The van der Waals surface area contributed by atoms with Gasteiger partial charge in [0.15, 0.2) is 0 Å². The lowest BCUT2D eigenvalue weighted by molar-refractivity contribution is 1.05. The van der Waals surface area contributed by atoms with Crippen molar-refractivity contribution in [1.82, 2.24) is 29.9 Å². The van der Waals surface area contributed by atoms with Gasteiger partial charge in [0.2, 0.25) is 11.9 Å². The largest absolute Gasteiger partial charge is 0.322 e. The van der Waals surface area contributed by atoms with Gasteiger partial charge in [-0.25, -0.2) is 29.9 Å². The van der Waals surface area contributed by atoms with Gasteiger partial charge in [-0.15, -0.1) is 0 Å². The monoisotopic (exact) mass is 368 g/mol. The molecule has 8 nitrogen and oxygen atoms in total. The van der Waals surface area contributed by atoms with E-state index in [4.69, 9.17) is 0 Å². The number of hydrogen-bond donors (Lipinski definition) is 2. The van der Waals surface area contributed by atoms with E-state index in [2.05, 4.69) is 40.5 Å². The molecule has 0 spiro atoms. The van der Waals surface area contributed by atoms with Crippen LogP contribution < -0.4 is 10.6 Å². The minimum absolute atomic E-state index is 0.430. The highest BCUT2D eigenvalue weighted by molar-refractivity contribution is 5.98. The van der Waals surface area contributed by atoms with Crippen LogP contribution in [-0.4, -0.2) is 29.9 Å². The Bertz CT molecular complexity index is 952. The van der Waals surface area contributed by atoms with Crippen molar-refractivity contribution in [1.29, 1.82) is 0 Å². The maximum Gasteiger partial charge on any atom is 0.230 e. The van der Waals surface area contributed by atoms with Crippen LogP contribution in [0.2, 0.25) is 0 Å². The molecule has 0 unspecified atom stereocenters. The standard InChI is InChI=1S/C20H16N8/c1-3-7-15(8-4-1)17(27-19-23-11-21-12-24-19)18(16-9-5-2-6-10-16)28-20-25-13-22-14-26-20/h1-14H,(H,21,23,24,27)(H,22,25,26,28). The third-order valence-electron chi connectivity index (χ3n) is 3.84. The molecule has 4 rings (SSSR count). The summed E-state index contributed by atoms with van der Waals surface area (Å²) in [4.78, 5) is 24.5. The molecule has 0 aliphatic heterocycles. The van der Waals surface area contributed by atoms with Gasteiger partial charge in [0.25, 0.3) is 0 Å². The molecule has 0 radical (unpaired) electrons. The van der Waals surface area contributed by atoms with E-state index >= 15 is 0 Å². The molecule has 0 fully saturated rings. The second-order valence-electron chi connectivity index (χ2n) is 5.66. The molecular weight excluding hydrogens is 352 g/mol. The van der Waals surface area contributed by atoms with Crippen LogP contribution in [0, 0.1) is 0 Å². The molecule has 0 saturated heterocycles.